The fourth-order valence-corrected chi connectivity index (χ4v) is 1.49. The Hall–Kier alpha value is -2.03. The minimum Gasteiger partial charge on any atom is -0.369 e. The summed E-state index contributed by atoms with van der Waals surface area (Å²) in [5.74, 6) is -0.311. The quantitative estimate of drug-likeness (QED) is 0.782. The molecule has 0 aliphatic rings. The maximum absolute atomic E-state index is 10.5. The topological polar surface area (TPSA) is 58.9 Å². The molecule has 1 amide bonds. The molecule has 0 aliphatic carbocycles. The van der Waals surface area contributed by atoms with Crippen molar-refractivity contribution in [2.45, 2.75) is 6.42 Å². The molecule has 0 atom stereocenters. The largest absolute Gasteiger partial charge is 0.369 e. The zero-order valence-corrected chi connectivity index (χ0v) is 8.23. The third kappa shape index (κ3) is 2.26. The molecule has 0 fully saturated rings. The van der Waals surface area contributed by atoms with Gasteiger partial charge in [0.15, 0.2) is 0 Å². The number of amides is 1. The molecule has 76 valence electrons. The highest BCUT2D eigenvalue weighted by Crippen LogP contribution is 2.15. The Morgan fingerprint density at radius 2 is 2.27 bits per heavy atom. The first-order chi connectivity index (χ1) is 7.25. The number of fused-ring (bicyclic) bond motifs is 1. The minimum absolute atomic E-state index is 0.283. The number of nitrogens with two attached hydrogens (primary N) is 1. The number of nitrogens with one attached hydrogen (secondary N) is 1. The molecule has 3 heteroatoms. The Bertz CT molecular complexity index is 511. The summed E-state index contributed by atoms with van der Waals surface area (Å²) in [6.07, 6.45) is 5.86. The van der Waals surface area contributed by atoms with Gasteiger partial charge in [0.2, 0.25) is 5.91 Å². The van der Waals surface area contributed by atoms with Gasteiger partial charge in [-0.15, -0.1) is 0 Å². The summed E-state index contributed by atoms with van der Waals surface area (Å²) < 4.78 is 0. The molecule has 0 spiro atoms. The summed E-state index contributed by atoms with van der Waals surface area (Å²) in [6.45, 7) is 0. The highest BCUT2D eigenvalue weighted by atomic mass is 16.1. The number of carbonyl (C=O) groups is 1. The van der Waals surface area contributed by atoms with Gasteiger partial charge in [-0.2, -0.15) is 0 Å². The monoisotopic (exact) mass is 200 g/mol. The number of hydrogen-bond acceptors (Lipinski definition) is 1. The lowest BCUT2D eigenvalue weighted by Gasteiger charge is -1.94. The average Bonchev–Trinajstić information content (AvgIpc) is 2.64. The number of primary amides is 1. The van der Waals surface area contributed by atoms with Crippen LogP contribution < -0.4 is 5.73 Å². The van der Waals surface area contributed by atoms with Gasteiger partial charge in [-0.25, -0.2) is 0 Å². The molecular formula is C12H12N2O. The molecule has 2 rings (SSSR count). The van der Waals surface area contributed by atoms with Crippen molar-refractivity contribution < 1.29 is 4.79 Å². The van der Waals surface area contributed by atoms with Crippen LogP contribution in [0.5, 0.6) is 0 Å². The first-order valence-corrected chi connectivity index (χ1v) is 4.78. The molecule has 0 bridgehead atoms. The summed E-state index contributed by atoms with van der Waals surface area (Å²) in [4.78, 5) is 13.6. The van der Waals surface area contributed by atoms with E-state index >= 15 is 0 Å². The molecule has 1 aromatic carbocycles. The van der Waals surface area contributed by atoms with E-state index in [1.54, 1.807) is 6.08 Å². The highest BCUT2D eigenvalue weighted by molar-refractivity contribution is 5.82. The maximum atomic E-state index is 10.5. The molecule has 2 aromatic rings. The van der Waals surface area contributed by atoms with Crippen LogP contribution in [0.4, 0.5) is 0 Å². The van der Waals surface area contributed by atoms with Crippen molar-refractivity contribution in [3.8, 4) is 0 Å². The molecule has 0 radical (unpaired) electrons. The number of hydrogen-bond donors (Lipinski definition) is 2. The second-order valence-corrected chi connectivity index (χ2v) is 3.40. The van der Waals surface area contributed by atoms with E-state index in [1.807, 2.05) is 30.5 Å². The van der Waals surface area contributed by atoms with Crippen LogP contribution in [-0.2, 0) is 4.79 Å². The van der Waals surface area contributed by atoms with Crippen LogP contribution in [0, 0.1) is 0 Å². The fourth-order valence-electron chi connectivity index (χ4n) is 1.49. The number of benzene rings is 1. The number of carbonyl (C=O) groups excluding carboxylic acids is 1. The van der Waals surface area contributed by atoms with Crippen molar-refractivity contribution in [2.24, 2.45) is 5.73 Å². The fraction of sp³-hybridized carbons (Fsp3) is 0.0833. The van der Waals surface area contributed by atoms with Crippen LogP contribution in [0.25, 0.3) is 17.0 Å². The van der Waals surface area contributed by atoms with Crippen LogP contribution >= 0.6 is 0 Å². The van der Waals surface area contributed by atoms with Gasteiger partial charge in [0.1, 0.15) is 0 Å². The minimum atomic E-state index is -0.311. The van der Waals surface area contributed by atoms with E-state index in [1.165, 1.54) is 0 Å². The molecular weight excluding hydrogens is 188 g/mol. The van der Waals surface area contributed by atoms with Gasteiger partial charge in [-0.05, 0) is 29.1 Å². The summed E-state index contributed by atoms with van der Waals surface area (Å²) in [7, 11) is 0. The van der Waals surface area contributed by atoms with Crippen LogP contribution in [0.1, 0.15) is 12.0 Å². The lowest BCUT2D eigenvalue weighted by molar-refractivity contribution is -0.117. The van der Waals surface area contributed by atoms with Crippen LogP contribution in [0.15, 0.2) is 36.5 Å². The third-order valence-electron chi connectivity index (χ3n) is 2.21. The van der Waals surface area contributed by atoms with Crippen LogP contribution in [0.3, 0.4) is 0 Å². The highest BCUT2D eigenvalue weighted by Gasteiger charge is 1.94. The molecule has 0 saturated carbocycles. The van der Waals surface area contributed by atoms with Crippen molar-refractivity contribution in [3.05, 3.63) is 42.1 Å². The molecule has 1 heterocycles. The van der Waals surface area contributed by atoms with Crippen molar-refractivity contribution in [1.82, 2.24) is 4.98 Å². The van der Waals surface area contributed by atoms with Gasteiger partial charge < -0.3 is 10.7 Å². The Morgan fingerprint density at radius 1 is 1.40 bits per heavy atom. The van der Waals surface area contributed by atoms with Gasteiger partial charge in [-0.1, -0.05) is 18.2 Å². The van der Waals surface area contributed by atoms with Gasteiger partial charge in [0.05, 0.1) is 0 Å². The van der Waals surface area contributed by atoms with Crippen molar-refractivity contribution >= 4 is 22.9 Å². The lowest BCUT2D eigenvalue weighted by Crippen LogP contribution is -2.07. The predicted molar refractivity (Wildman–Crippen MR) is 61.1 cm³/mol. The van der Waals surface area contributed by atoms with E-state index in [2.05, 4.69) is 11.1 Å². The summed E-state index contributed by atoms with van der Waals surface area (Å²) in [5.41, 5.74) is 7.22. The number of aromatic nitrogens is 1. The molecule has 1 aromatic heterocycles. The Labute approximate surface area is 87.6 Å². The SMILES string of the molecule is NC(=O)CC=Cc1ccc2[nH]ccc2c1. The molecule has 0 saturated heterocycles. The van der Waals surface area contributed by atoms with Crippen molar-refractivity contribution in [1.29, 1.82) is 0 Å². The van der Waals surface area contributed by atoms with Crippen molar-refractivity contribution in [2.75, 3.05) is 0 Å². The first kappa shape index (κ1) is 9.52. The van der Waals surface area contributed by atoms with Gasteiger partial charge in [0, 0.05) is 18.1 Å². The molecule has 0 unspecified atom stereocenters. The number of rotatable bonds is 3. The zero-order valence-electron chi connectivity index (χ0n) is 8.23. The van der Waals surface area contributed by atoms with E-state index in [4.69, 9.17) is 5.73 Å². The van der Waals surface area contributed by atoms with E-state index in [0.717, 1.165) is 16.5 Å². The number of aromatic amines is 1. The predicted octanol–water partition coefficient (Wildman–Crippen LogP) is 2.06. The molecule has 3 N–H and O–H groups in total. The third-order valence-corrected chi connectivity index (χ3v) is 2.21. The molecule has 3 nitrogen and oxygen atoms in total. The first-order valence-electron chi connectivity index (χ1n) is 4.78. The Kier molecular flexibility index (Phi) is 2.54. The smallest absolute Gasteiger partial charge is 0.221 e. The second-order valence-electron chi connectivity index (χ2n) is 3.40. The normalized spacial score (nSPS) is 11.2. The second kappa shape index (κ2) is 4.00. The standard InChI is InChI=1S/C12H12N2O/c13-12(15)3-1-2-9-4-5-11-10(8-9)6-7-14-11/h1-2,4-8,14H,3H2,(H2,13,15). The number of H-pyrrole nitrogens is 1. The van der Waals surface area contributed by atoms with E-state index in [9.17, 15) is 4.79 Å². The van der Waals surface area contributed by atoms with Gasteiger partial charge in [-0.3, -0.25) is 4.79 Å². The van der Waals surface area contributed by atoms with Crippen molar-refractivity contribution in [3.63, 3.8) is 0 Å². The van der Waals surface area contributed by atoms with Gasteiger partial charge >= 0.3 is 0 Å². The van der Waals surface area contributed by atoms with Crippen LogP contribution in [0.2, 0.25) is 0 Å². The Balaban J connectivity index is 2.21. The van der Waals surface area contributed by atoms with Gasteiger partial charge in [0.25, 0.3) is 0 Å². The maximum Gasteiger partial charge on any atom is 0.221 e. The summed E-state index contributed by atoms with van der Waals surface area (Å²) >= 11 is 0. The summed E-state index contributed by atoms with van der Waals surface area (Å²) in [5, 5.41) is 1.16. The molecule has 15 heavy (non-hydrogen) atoms. The Morgan fingerprint density at radius 3 is 3.07 bits per heavy atom. The lowest BCUT2D eigenvalue weighted by atomic mass is 10.1. The average molecular weight is 200 g/mol. The summed E-state index contributed by atoms with van der Waals surface area (Å²) in [6, 6.07) is 8.08. The van der Waals surface area contributed by atoms with Crippen LogP contribution in [-0.4, -0.2) is 10.9 Å². The van der Waals surface area contributed by atoms with E-state index in [-0.39, 0.29) is 12.3 Å². The zero-order chi connectivity index (χ0) is 10.7. The molecule has 0 aliphatic heterocycles. The van der Waals surface area contributed by atoms with E-state index in [0.29, 0.717) is 0 Å². The van der Waals surface area contributed by atoms with E-state index < -0.39 is 0 Å².